The molecule has 3 N–H and O–H groups in total. The number of methoxy groups -OCH3 is 3. The summed E-state index contributed by atoms with van der Waals surface area (Å²) in [6, 6.07) is 12.9. The maximum absolute atomic E-state index is 5.95. The Bertz CT molecular complexity index is 755. The van der Waals surface area contributed by atoms with Crippen LogP contribution in [-0.4, -0.2) is 39.9 Å². The average molecular weight is 487 g/mol. The van der Waals surface area contributed by atoms with Crippen LogP contribution in [-0.2, 0) is 0 Å². The zero-order valence-electron chi connectivity index (χ0n) is 15.9. The smallest absolute Gasteiger partial charge is 0.193 e. The highest BCUT2D eigenvalue weighted by Crippen LogP contribution is 2.29. The number of rotatable bonds is 8. The third-order valence-electron chi connectivity index (χ3n) is 3.57. The highest BCUT2D eigenvalue weighted by atomic mass is 127. The number of halogens is 1. The molecule has 0 aromatic heterocycles. The van der Waals surface area contributed by atoms with Crippen molar-refractivity contribution in [1.29, 1.82) is 0 Å². The SMILES string of the molecule is COc1ccc(NC(N)=NCC(C)Oc2ccccc2OC)cc1OC.I. The molecule has 0 aliphatic heterocycles. The highest BCUT2D eigenvalue weighted by Gasteiger charge is 2.09. The van der Waals surface area contributed by atoms with Crippen LogP contribution in [0.2, 0.25) is 0 Å². The van der Waals surface area contributed by atoms with E-state index in [4.69, 9.17) is 24.7 Å². The lowest BCUT2D eigenvalue weighted by Crippen LogP contribution is -2.25. The number of aliphatic imine (C=N–C) groups is 1. The van der Waals surface area contributed by atoms with Gasteiger partial charge in [-0.25, -0.2) is 4.99 Å². The van der Waals surface area contributed by atoms with Crippen molar-refractivity contribution in [2.45, 2.75) is 13.0 Å². The van der Waals surface area contributed by atoms with Crippen LogP contribution in [0.4, 0.5) is 5.69 Å². The number of nitrogens with two attached hydrogens (primary N) is 1. The van der Waals surface area contributed by atoms with Crippen molar-refractivity contribution in [2.24, 2.45) is 10.7 Å². The van der Waals surface area contributed by atoms with E-state index in [-0.39, 0.29) is 36.0 Å². The van der Waals surface area contributed by atoms with Crippen LogP contribution in [0.1, 0.15) is 6.92 Å². The topological polar surface area (TPSA) is 87.3 Å². The van der Waals surface area contributed by atoms with Crippen molar-refractivity contribution in [3.63, 3.8) is 0 Å². The summed E-state index contributed by atoms with van der Waals surface area (Å²) >= 11 is 0. The van der Waals surface area contributed by atoms with Gasteiger partial charge in [0.15, 0.2) is 29.0 Å². The molecule has 27 heavy (non-hydrogen) atoms. The molecule has 0 saturated heterocycles. The van der Waals surface area contributed by atoms with Gasteiger partial charge in [-0.05, 0) is 31.2 Å². The van der Waals surface area contributed by atoms with E-state index in [0.29, 0.717) is 29.5 Å². The molecule has 1 atom stereocenters. The first-order valence-electron chi connectivity index (χ1n) is 8.16. The second kappa shape index (κ2) is 11.4. The Labute approximate surface area is 176 Å². The Kier molecular flexibility index (Phi) is 9.55. The molecule has 0 spiro atoms. The van der Waals surface area contributed by atoms with Gasteiger partial charge in [-0.2, -0.15) is 0 Å². The van der Waals surface area contributed by atoms with Crippen molar-refractivity contribution in [2.75, 3.05) is 33.2 Å². The van der Waals surface area contributed by atoms with Gasteiger partial charge in [-0.3, -0.25) is 0 Å². The molecule has 148 valence electrons. The Morgan fingerprint density at radius 1 is 0.963 bits per heavy atom. The summed E-state index contributed by atoms with van der Waals surface area (Å²) in [5.74, 6) is 2.89. The summed E-state index contributed by atoms with van der Waals surface area (Å²) in [5, 5.41) is 3.02. The number of ether oxygens (including phenoxy) is 4. The first kappa shape index (κ1) is 22.7. The minimum absolute atomic E-state index is 0. The molecule has 8 heteroatoms. The standard InChI is InChI=1S/C19H25N3O4.HI/c1-13(26-17-8-6-5-7-15(17)23-2)12-21-19(20)22-14-9-10-16(24-3)18(11-14)25-4;/h5-11,13H,12H2,1-4H3,(H3,20,21,22);1H. The number of anilines is 1. The molecule has 2 aromatic rings. The van der Waals surface area contributed by atoms with Crippen LogP contribution in [0.25, 0.3) is 0 Å². The molecular weight excluding hydrogens is 461 g/mol. The van der Waals surface area contributed by atoms with Crippen LogP contribution in [0, 0.1) is 0 Å². The van der Waals surface area contributed by atoms with Crippen molar-refractivity contribution in [1.82, 2.24) is 0 Å². The first-order valence-corrected chi connectivity index (χ1v) is 8.16. The zero-order valence-corrected chi connectivity index (χ0v) is 18.2. The predicted octanol–water partition coefficient (Wildman–Crippen LogP) is 3.52. The van der Waals surface area contributed by atoms with Crippen LogP contribution >= 0.6 is 24.0 Å². The molecule has 0 amide bonds. The van der Waals surface area contributed by atoms with E-state index in [1.807, 2.05) is 37.3 Å². The lowest BCUT2D eigenvalue weighted by molar-refractivity contribution is 0.219. The molecule has 7 nitrogen and oxygen atoms in total. The maximum atomic E-state index is 5.95. The second-order valence-corrected chi connectivity index (χ2v) is 5.50. The van der Waals surface area contributed by atoms with Gasteiger partial charge in [-0.1, -0.05) is 12.1 Å². The van der Waals surface area contributed by atoms with Crippen LogP contribution in [0.5, 0.6) is 23.0 Å². The lowest BCUT2D eigenvalue weighted by atomic mass is 10.3. The molecule has 0 aliphatic carbocycles. The first-order chi connectivity index (χ1) is 12.6. The number of guanidine groups is 1. The Morgan fingerprint density at radius 3 is 2.19 bits per heavy atom. The van der Waals surface area contributed by atoms with E-state index in [1.54, 1.807) is 33.5 Å². The van der Waals surface area contributed by atoms with Crippen LogP contribution < -0.4 is 30.0 Å². The number of hydrogen-bond acceptors (Lipinski definition) is 5. The number of benzene rings is 2. The largest absolute Gasteiger partial charge is 0.493 e. The molecule has 2 rings (SSSR count). The maximum Gasteiger partial charge on any atom is 0.193 e. The van der Waals surface area contributed by atoms with E-state index in [1.165, 1.54) is 0 Å². The number of hydrogen-bond donors (Lipinski definition) is 2. The normalized spacial score (nSPS) is 11.8. The van der Waals surface area contributed by atoms with Crippen molar-refractivity contribution in [3.8, 4) is 23.0 Å². The van der Waals surface area contributed by atoms with Gasteiger partial charge < -0.3 is 30.0 Å². The molecule has 0 fully saturated rings. The van der Waals surface area contributed by atoms with Gasteiger partial charge in [0.25, 0.3) is 0 Å². The Morgan fingerprint density at radius 2 is 1.56 bits per heavy atom. The van der Waals surface area contributed by atoms with Gasteiger partial charge >= 0.3 is 0 Å². The second-order valence-electron chi connectivity index (χ2n) is 5.50. The summed E-state index contributed by atoms with van der Waals surface area (Å²) < 4.78 is 21.6. The lowest BCUT2D eigenvalue weighted by Gasteiger charge is -2.15. The summed E-state index contributed by atoms with van der Waals surface area (Å²) in [4.78, 5) is 4.31. The summed E-state index contributed by atoms with van der Waals surface area (Å²) in [6.07, 6.45) is -0.169. The molecule has 1 unspecified atom stereocenters. The highest BCUT2D eigenvalue weighted by molar-refractivity contribution is 14.0. The van der Waals surface area contributed by atoms with E-state index in [2.05, 4.69) is 10.3 Å². The minimum atomic E-state index is -0.169. The van der Waals surface area contributed by atoms with Gasteiger partial charge in [0.2, 0.25) is 0 Å². The summed E-state index contributed by atoms with van der Waals surface area (Å²) in [5.41, 5.74) is 6.70. The van der Waals surface area contributed by atoms with Crippen LogP contribution in [0.15, 0.2) is 47.5 Å². The third-order valence-corrected chi connectivity index (χ3v) is 3.57. The number of para-hydroxylation sites is 2. The predicted molar refractivity (Wildman–Crippen MR) is 118 cm³/mol. The van der Waals surface area contributed by atoms with E-state index < -0.39 is 0 Å². The molecule has 0 aliphatic rings. The van der Waals surface area contributed by atoms with Crippen LogP contribution in [0.3, 0.4) is 0 Å². The van der Waals surface area contributed by atoms with Gasteiger partial charge in [0, 0.05) is 11.8 Å². The molecule has 0 bridgehead atoms. The molecular formula is C19H26IN3O4. The average Bonchev–Trinajstić information content (AvgIpc) is 2.66. The molecule has 2 aromatic carbocycles. The monoisotopic (exact) mass is 487 g/mol. The third kappa shape index (κ3) is 6.70. The quantitative estimate of drug-likeness (QED) is 0.337. The minimum Gasteiger partial charge on any atom is -0.493 e. The number of nitrogens with zero attached hydrogens (tertiary/aromatic N) is 1. The molecule has 0 heterocycles. The van der Waals surface area contributed by atoms with Gasteiger partial charge in [0.1, 0.15) is 6.10 Å². The fourth-order valence-electron chi connectivity index (χ4n) is 2.30. The van der Waals surface area contributed by atoms with Crippen molar-refractivity contribution < 1.29 is 18.9 Å². The fourth-order valence-corrected chi connectivity index (χ4v) is 2.30. The zero-order chi connectivity index (χ0) is 18.9. The number of nitrogens with one attached hydrogen (secondary N) is 1. The Hall–Kier alpha value is -2.36. The van der Waals surface area contributed by atoms with E-state index >= 15 is 0 Å². The van der Waals surface area contributed by atoms with E-state index in [0.717, 1.165) is 5.69 Å². The molecule has 0 saturated carbocycles. The Balaban J connectivity index is 0.00000364. The van der Waals surface area contributed by atoms with Crippen molar-refractivity contribution in [3.05, 3.63) is 42.5 Å². The summed E-state index contributed by atoms with van der Waals surface area (Å²) in [7, 11) is 4.77. The fraction of sp³-hybridized carbons (Fsp3) is 0.316. The van der Waals surface area contributed by atoms with Crippen molar-refractivity contribution >= 4 is 35.6 Å². The molecule has 0 radical (unpaired) electrons. The van der Waals surface area contributed by atoms with Gasteiger partial charge in [-0.15, -0.1) is 24.0 Å². The van der Waals surface area contributed by atoms with E-state index in [9.17, 15) is 0 Å². The summed E-state index contributed by atoms with van der Waals surface area (Å²) in [6.45, 7) is 2.31. The van der Waals surface area contributed by atoms with Gasteiger partial charge in [0.05, 0.1) is 27.9 Å².